The zero-order valence-electron chi connectivity index (χ0n) is 13.7. The molecule has 0 bridgehead atoms. The molecule has 120 valence electrons. The molecule has 1 aromatic rings. The van der Waals surface area contributed by atoms with Crippen molar-refractivity contribution < 1.29 is 4.79 Å². The molecule has 0 spiro atoms. The van der Waals surface area contributed by atoms with Gasteiger partial charge < -0.3 is 0 Å². The lowest BCUT2D eigenvalue weighted by atomic mass is 9.83. The second-order valence-corrected chi connectivity index (χ2v) is 6.21. The van der Waals surface area contributed by atoms with Gasteiger partial charge in [0.15, 0.2) is 0 Å². The predicted octanol–water partition coefficient (Wildman–Crippen LogP) is 4.79. The standard InChI is InChI=1S/C19H28N2O/c1-2-3-4-8-11-19(22)21-20-18-14-12-17(13-15-18)16-9-6-5-7-10-16/h5-7,9-10,17H,2-4,8,11-15H2,1H3,(H,21,22). The van der Waals surface area contributed by atoms with Gasteiger partial charge in [0.2, 0.25) is 5.91 Å². The first kappa shape index (κ1) is 16.7. The lowest BCUT2D eigenvalue weighted by Gasteiger charge is -2.23. The van der Waals surface area contributed by atoms with Gasteiger partial charge in [0.1, 0.15) is 0 Å². The van der Waals surface area contributed by atoms with Crippen molar-refractivity contribution >= 4 is 11.6 Å². The van der Waals surface area contributed by atoms with E-state index in [0.29, 0.717) is 12.3 Å². The fourth-order valence-electron chi connectivity index (χ4n) is 3.03. The molecule has 1 aromatic carbocycles. The summed E-state index contributed by atoms with van der Waals surface area (Å²) in [6.07, 6.45) is 9.38. The van der Waals surface area contributed by atoms with E-state index in [1.807, 2.05) is 0 Å². The largest absolute Gasteiger partial charge is 0.273 e. The number of benzene rings is 1. The summed E-state index contributed by atoms with van der Waals surface area (Å²) in [7, 11) is 0. The van der Waals surface area contributed by atoms with Crippen molar-refractivity contribution in [3.8, 4) is 0 Å². The van der Waals surface area contributed by atoms with Gasteiger partial charge in [0, 0.05) is 12.1 Å². The van der Waals surface area contributed by atoms with Crippen LogP contribution in [0.1, 0.15) is 76.2 Å². The number of unbranched alkanes of at least 4 members (excludes halogenated alkanes) is 3. The Labute approximate surface area is 134 Å². The predicted molar refractivity (Wildman–Crippen MR) is 92.0 cm³/mol. The van der Waals surface area contributed by atoms with E-state index in [4.69, 9.17) is 0 Å². The summed E-state index contributed by atoms with van der Waals surface area (Å²) < 4.78 is 0. The summed E-state index contributed by atoms with van der Waals surface area (Å²) in [6.45, 7) is 2.18. The van der Waals surface area contributed by atoms with Crippen LogP contribution in [0.4, 0.5) is 0 Å². The Kier molecular flexibility index (Phi) is 7.14. The fourth-order valence-corrected chi connectivity index (χ4v) is 3.03. The Bertz CT molecular complexity index is 471. The maximum Gasteiger partial charge on any atom is 0.240 e. The monoisotopic (exact) mass is 300 g/mol. The van der Waals surface area contributed by atoms with Crippen LogP contribution < -0.4 is 5.43 Å². The molecule has 22 heavy (non-hydrogen) atoms. The normalized spacial score (nSPS) is 18.0. The Hall–Kier alpha value is -1.64. The van der Waals surface area contributed by atoms with E-state index in [1.165, 1.54) is 18.4 Å². The number of nitrogens with one attached hydrogen (secondary N) is 1. The maximum absolute atomic E-state index is 11.7. The van der Waals surface area contributed by atoms with Crippen LogP contribution in [0.5, 0.6) is 0 Å². The maximum atomic E-state index is 11.7. The van der Waals surface area contributed by atoms with Gasteiger partial charge >= 0.3 is 0 Å². The van der Waals surface area contributed by atoms with E-state index >= 15 is 0 Å². The molecule has 0 aromatic heterocycles. The molecule has 0 radical (unpaired) electrons. The molecule has 3 nitrogen and oxygen atoms in total. The number of rotatable bonds is 7. The highest BCUT2D eigenvalue weighted by molar-refractivity contribution is 5.87. The summed E-state index contributed by atoms with van der Waals surface area (Å²) in [5, 5.41) is 4.33. The molecule has 0 aliphatic heterocycles. The van der Waals surface area contributed by atoms with Crippen molar-refractivity contribution in [3.63, 3.8) is 0 Å². The molecule has 3 heteroatoms. The minimum absolute atomic E-state index is 0.0637. The van der Waals surface area contributed by atoms with Gasteiger partial charge in [-0.15, -0.1) is 0 Å². The number of amides is 1. The molecular formula is C19H28N2O. The van der Waals surface area contributed by atoms with Crippen LogP contribution in [-0.4, -0.2) is 11.6 Å². The van der Waals surface area contributed by atoms with Crippen LogP contribution in [0.2, 0.25) is 0 Å². The van der Waals surface area contributed by atoms with Crippen molar-refractivity contribution in [2.45, 2.75) is 70.6 Å². The van der Waals surface area contributed by atoms with Crippen molar-refractivity contribution in [2.24, 2.45) is 5.10 Å². The zero-order chi connectivity index (χ0) is 15.6. The number of hydrogen-bond donors (Lipinski definition) is 1. The molecule has 1 aliphatic carbocycles. The highest BCUT2D eigenvalue weighted by atomic mass is 16.2. The Morgan fingerprint density at radius 3 is 2.55 bits per heavy atom. The van der Waals surface area contributed by atoms with Crippen molar-refractivity contribution in [1.82, 2.24) is 5.43 Å². The van der Waals surface area contributed by atoms with Crippen LogP contribution in [0.15, 0.2) is 35.4 Å². The van der Waals surface area contributed by atoms with Crippen molar-refractivity contribution in [1.29, 1.82) is 0 Å². The number of hydrazone groups is 1. The molecule has 1 aliphatic rings. The second kappa shape index (κ2) is 9.39. The van der Waals surface area contributed by atoms with Crippen molar-refractivity contribution in [3.05, 3.63) is 35.9 Å². The van der Waals surface area contributed by atoms with E-state index < -0.39 is 0 Å². The number of hydrogen-bond acceptors (Lipinski definition) is 2. The van der Waals surface area contributed by atoms with Gasteiger partial charge in [-0.2, -0.15) is 5.10 Å². The minimum atomic E-state index is 0.0637. The van der Waals surface area contributed by atoms with E-state index in [2.05, 4.69) is 47.8 Å². The Balaban J connectivity index is 1.69. The summed E-state index contributed by atoms with van der Waals surface area (Å²) in [5.74, 6) is 0.707. The van der Waals surface area contributed by atoms with E-state index in [-0.39, 0.29) is 5.91 Å². The van der Waals surface area contributed by atoms with Gasteiger partial charge in [-0.25, -0.2) is 5.43 Å². The third kappa shape index (κ3) is 5.63. The van der Waals surface area contributed by atoms with E-state index in [1.54, 1.807) is 0 Å². The summed E-state index contributed by atoms with van der Waals surface area (Å²) in [4.78, 5) is 11.7. The van der Waals surface area contributed by atoms with Gasteiger partial charge in [-0.3, -0.25) is 4.79 Å². The molecular weight excluding hydrogens is 272 g/mol. The average molecular weight is 300 g/mol. The smallest absolute Gasteiger partial charge is 0.240 e. The zero-order valence-corrected chi connectivity index (χ0v) is 13.7. The van der Waals surface area contributed by atoms with E-state index in [9.17, 15) is 4.79 Å². The number of carbonyl (C=O) groups is 1. The van der Waals surface area contributed by atoms with Crippen LogP contribution in [0.25, 0.3) is 0 Å². The van der Waals surface area contributed by atoms with Crippen molar-refractivity contribution in [2.75, 3.05) is 0 Å². The first-order chi connectivity index (χ1) is 10.8. The van der Waals surface area contributed by atoms with Crippen LogP contribution >= 0.6 is 0 Å². The van der Waals surface area contributed by atoms with Crippen LogP contribution in [-0.2, 0) is 4.79 Å². The van der Waals surface area contributed by atoms with Gasteiger partial charge in [0.05, 0.1) is 0 Å². The Morgan fingerprint density at radius 1 is 1.14 bits per heavy atom. The van der Waals surface area contributed by atoms with Gasteiger partial charge in [-0.1, -0.05) is 56.5 Å². The third-order valence-electron chi connectivity index (χ3n) is 4.43. The fraction of sp³-hybridized carbons (Fsp3) is 0.579. The Morgan fingerprint density at radius 2 is 1.86 bits per heavy atom. The molecule has 0 heterocycles. The minimum Gasteiger partial charge on any atom is -0.273 e. The third-order valence-corrected chi connectivity index (χ3v) is 4.43. The molecule has 0 saturated heterocycles. The quantitative estimate of drug-likeness (QED) is 0.571. The topological polar surface area (TPSA) is 41.5 Å². The molecule has 2 rings (SSSR count). The summed E-state index contributed by atoms with van der Waals surface area (Å²) in [5.41, 5.74) is 5.31. The van der Waals surface area contributed by atoms with Gasteiger partial charge in [0.25, 0.3) is 0 Å². The second-order valence-electron chi connectivity index (χ2n) is 6.21. The molecule has 1 saturated carbocycles. The number of nitrogens with zero attached hydrogens (tertiary/aromatic N) is 1. The molecule has 1 N–H and O–H groups in total. The molecule has 1 amide bonds. The summed E-state index contributed by atoms with van der Waals surface area (Å²) >= 11 is 0. The first-order valence-corrected chi connectivity index (χ1v) is 8.68. The molecule has 0 unspecified atom stereocenters. The summed E-state index contributed by atoms with van der Waals surface area (Å²) in [6, 6.07) is 10.7. The van der Waals surface area contributed by atoms with E-state index in [0.717, 1.165) is 44.2 Å². The van der Waals surface area contributed by atoms with Crippen LogP contribution in [0, 0.1) is 0 Å². The SMILES string of the molecule is CCCCCCC(=O)NN=C1CCC(c2ccccc2)CC1. The lowest BCUT2D eigenvalue weighted by Crippen LogP contribution is -2.21. The average Bonchev–Trinajstić information content (AvgIpc) is 2.58. The lowest BCUT2D eigenvalue weighted by molar-refractivity contribution is -0.121. The van der Waals surface area contributed by atoms with Crippen LogP contribution in [0.3, 0.4) is 0 Å². The highest BCUT2D eigenvalue weighted by Gasteiger charge is 2.19. The first-order valence-electron chi connectivity index (χ1n) is 8.68. The molecule has 1 fully saturated rings. The van der Waals surface area contributed by atoms with Gasteiger partial charge in [-0.05, 0) is 43.6 Å². The molecule has 0 atom stereocenters. The highest BCUT2D eigenvalue weighted by Crippen LogP contribution is 2.31. The number of carbonyl (C=O) groups excluding carboxylic acids is 1.